The average Bonchev–Trinajstić information content (AvgIpc) is 2.86. The molecule has 6 nitrogen and oxygen atoms in total. The van der Waals surface area contributed by atoms with Crippen LogP contribution in [0.5, 0.6) is 5.88 Å². The molecule has 2 aromatic carbocycles. The molecule has 0 aliphatic rings. The molecule has 7 heteroatoms. The number of anilines is 3. The van der Waals surface area contributed by atoms with E-state index < -0.39 is 0 Å². The summed E-state index contributed by atoms with van der Waals surface area (Å²) in [6.07, 6.45) is 8.95. The van der Waals surface area contributed by atoms with Crippen molar-refractivity contribution in [2.75, 3.05) is 10.6 Å². The SMILES string of the molecule is C=Cc1c(Nc2ccc(C(=O)Nc3ccc(Sc4ccnc(O)c4)cc3)cc2)ccnc1/C=C\C. The molecule has 0 spiro atoms. The van der Waals surface area contributed by atoms with Gasteiger partial charge >= 0.3 is 0 Å². The first-order chi connectivity index (χ1) is 17.1. The standard InChI is InChI=1S/C28H24N4O2S/c1-3-5-25-24(4-2)26(15-17-29-25)31-20-8-6-19(7-9-20)28(34)32-21-10-12-22(13-11-21)35-23-14-16-30-27(33)18-23/h3-18H,2H2,1H3,(H,29,31)(H,30,33)(H,32,34)/b5-3-. The third-order valence-electron chi connectivity index (χ3n) is 5.04. The van der Waals surface area contributed by atoms with Crippen molar-refractivity contribution < 1.29 is 9.90 Å². The number of nitrogens with zero attached hydrogens (tertiary/aromatic N) is 2. The Kier molecular flexibility index (Phi) is 7.60. The summed E-state index contributed by atoms with van der Waals surface area (Å²) in [7, 11) is 0. The quantitative estimate of drug-likeness (QED) is 0.252. The maximum atomic E-state index is 12.7. The largest absolute Gasteiger partial charge is 0.493 e. The Morgan fingerprint density at radius 2 is 1.66 bits per heavy atom. The molecule has 174 valence electrons. The van der Waals surface area contributed by atoms with E-state index in [2.05, 4.69) is 27.2 Å². The number of pyridine rings is 2. The highest BCUT2D eigenvalue weighted by atomic mass is 32.2. The van der Waals surface area contributed by atoms with E-state index in [9.17, 15) is 9.90 Å². The van der Waals surface area contributed by atoms with Gasteiger partial charge in [-0.1, -0.05) is 30.5 Å². The van der Waals surface area contributed by atoms with Gasteiger partial charge in [-0.15, -0.1) is 0 Å². The molecule has 0 unspecified atom stereocenters. The first-order valence-electron chi connectivity index (χ1n) is 10.9. The molecular weight excluding hydrogens is 456 g/mol. The second-order valence-corrected chi connectivity index (χ2v) is 8.64. The summed E-state index contributed by atoms with van der Waals surface area (Å²) >= 11 is 1.50. The Morgan fingerprint density at radius 1 is 0.943 bits per heavy atom. The van der Waals surface area contributed by atoms with Crippen LogP contribution in [0.4, 0.5) is 17.1 Å². The van der Waals surface area contributed by atoms with Crippen molar-refractivity contribution in [1.82, 2.24) is 9.97 Å². The number of rotatable bonds is 8. The Labute approximate surface area is 208 Å². The second-order valence-electron chi connectivity index (χ2n) is 7.49. The first kappa shape index (κ1) is 23.8. The molecule has 0 aliphatic heterocycles. The fourth-order valence-corrected chi connectivity index (χ4v) is 4.21. The summed E-state index contributed by atoms with van der Waals surface area (Å²) in [6, 6.07) is 20.1. The highest BCUT2D eigenvalue weighted by Crippen LogP contribution is 2.30. The van der Waals surface area contributed by atoms with Crippen molar-refractivity contribution in [3.63, 3.8) is 0 Å². The Morgan fingerprint density at radius 3 is 2.34 bits per heavy atom. The van der Waals surface area contributed by atoms with Gasteiger partial charge in [0.2, 0.25) is 5.88 Å². The van der Waals surface area contributed by atoms with E-state index in [-0.39, 0.29) is 11.8 Å². The van der Waals surface area contributed by atoms with Crippen LogP contribution in [-0.4, -0.2) is 21.0 Å². The van der Waals surface area contributed by atoms with Crippen LogP contribution in [0.15, 0.2) is 102 Å². The number of amides is 1. The van der Waals surface area contributed by atoms with Gasteiger partial charge in [-0.05, 0) is 73.7 Å². The zero-order chi connectivity index (χ0) is 24.6. The van der Waals surface area contributed by atoms with Crippen LogP contribution in [0.25, 0.3) is 12.2 Å². The van der Waals surface area contributed by atoms with Gasteiger partial charge in [-0.3, -0.25) is 9.78 Å². The number of benzene rings is 2. The van der Waals surface area contributed by atoms with Gasteiger partial charge in [-0.2, -0.15) is 0 Å². The van der Waals surface area contributed by atoms with Crippen molar-refractivity contribution in [2.45, 2.75) is 16.7 Å². The normalized spacial score (nSPS) is 10.8. The van der Waals surface area contributed by atoms with Crippen molar-refractivity contribution >= 4 is 46.9 Å². The van der Waals surface area contributed by atoms with Crippen molar-refractivity contribution in [1.29, 1.82) is 0 Å². The van der Waals surface area contributed by atoms with E-state index >= 15 is 0 Å². The van der Waals surface area contributed by atoms with Gasteiger partial charge in [0.1, 0.15) is 0 Å². The summed E-state index contributed by atoms with van der Waals surface area (Å²) in [6.45, 7) is 5.85. The Bertz CT molecular complexity index is 1370. The number of nitrogens with one attached hydrogen (secondary N) is 2. The molecule has 0 saturated carbocycles. The molecule has 4 aromatic rings. The van der Waals surface area contributed by atoms with Gasteiger partial charge in [0.25, 0.3) is 5.91 Å². The lowest BCUT2D eigenvalue weighted by Crippen LogP contribution is -2.11. The molecule has 2 aromatic heterocycles. The lowest BCUT2D eigenvalue weighted by atomic mass is 10.1. The lowest BCUT2D eigenvalue weighted by Gasteiger charge is -2.12. The molecule has 4 rings (SSSR count). The molecule has 0 radical (unpaired) electrons. The highest BCUT2D eigenvalue weighted by molar-refractivity contribution is 7.99. The van der Waals surface area contributed by atoms with Crippen LogP contribution in [0.1, 0.15) is 28.5 Å². The smallest absolute Gasteiger partial charge is 0.255 e. The monoisotopic (exact) mass is 480 g/mol. The summed E-state index contributed by atoms with van der Waals surface area (Å²) in [5.74, 6) is -0.206. The zero-order valence-corrected chi connectivity index (χ0v) is 19.9. The molecule has 3 N–H and O–H groups in total. The fraction of sp³-hybridized carbons (Fsp3) is 0.0357. The summed E-state index contributed by atoms with van der Waals surface area (Å²) in [4.78, 5) is 22.7. The van der Waals surface area contributed by atoms with Crippen LogP contribution in [0.2, 0.25) is 0 Å². The van der Waals surface area contributed by atoms with Gasteiger partial charge in [0.15, 0.2) is 0 Å². The van der Waals surface area contributed by atoms with Crippen molar-refractivity contribution in [3.8, 4) is 5.88 Å². The minimum absolute atomic E-state index is 0.0135. The van der Waals surface area contributed by atoms with Gasteiger partial charge in [0.05, 0.1) is 5.69 Å². The van der Waals surface area contributed by atoms with E-state index in [1.165, 1.54) is 11.8 Å². The van der Waals surface area contributed by atoms with E-state index in [0.717, 1.165) is 32.4 Å². The molecule has 2 heterocycles. The predicted molar refractivity (Wildman–Crippen MR) is 143 cm³/mol. The molecule has 1 amide bonds. The van der Waals surface area contributed by atoms with Gasteiger partial charge in [0, 0.05) is 56.4 Å². The Hall–Kier alpha value is -4.36. The van der Waals surface area contributed by atoms with Crippen LogP contribution >= 0.6 is 11.8 Å². The van der Waals surface area contributed by atoms with E-state index in [1.807, 2.05) is 67.6 Å². The second kappa shape index (κ2) is 11.2. The fourth-order valence-electron chi connectivity index (χ4n) is 3.37. The topological polar surface area (TPSA) is 87.1 Å². The summed E-state index contributed by atoms with van der Waals surface area (Å²) in [5, 5.41) is 15.8. The molecular formula is C28H24N4O2S. The van der Waals surface area contributed by atoms with E-state index in [0.29, 0.717) is 11.3 Å². The minimum atomic E-state index is -0.193. The van der Waals surface area contributed by atoms with E-state index in [4.69, 9.17) is 0 Å². The number of hydrogen-bond donors (Lipinski definition) is 3. The maximum absolute atomic E-state index is 12.7. The van der Waals surface area contributed by atoms with Crippen molar-refractivity contribution in [2.24, 2.45) is 0 Å². The number of allylic oxidation sites excluding steroid dienone is 1. The first-order valence-corrected chi connectivity index (χ1v) is 11.7. The summed E-state index contributed by atoms with van der Waals surface area (Å²) in [5.41, 5.74) is 4.74. The molecule has 0 atom stereocenters. The Balaban J connectivity index is 1.40. The molecule has 0 aliphatic carbocycles. The number of aromatic nitrogens is 2. The van der Waals surface area contributed by atoms with Gasteiger partial charge < -0.3 is 15.7 Å². The molecule has 0 fully saturated rings. The number of hydrogen-bond acceptors (Lipinski definition) is 6. The van der Waals surface area contributed by atoms with Crippen LogP contribution in [0.3, 0.4) is 0 Å². The third kappa shape index (κ3) is 6.16. The van der Waals surface area contributed by atoms with Gasteiger partial charge in [-0.25, -0.2) is 4.98 Å². The lowest BCUT2D eigenvalue weighted by molar-refractivity contribution is 0.102. The van der Waals surface area contributed by atoms with Crippen LogP contribution in [-0.2, 0) is 0 Å². The highest BCUT2D eigenvalue weighted by Gasteiger charge is 2.09. The summed E-state index contributed by atoms with van der Waals surface area (Å²) < 4.78 is 0. The predicted octanol–water partition coefficient (Wildman–Crippen LogP) is 7.01. The zero-order valence-electron chi connectivity index (χ0n) is 19.1. The molecule has 35 heavy (non-hydrogen) atoms. The number of aromatic hydroxyl groups is 1. The van der Waals surface area contributed by atoms with Crippen LogP contribution < -0.4 is 10.6 Å². The number of carbonyl (C=O) groups is 1. The molecule has 0 saturated heterocycles. The van der Waals surface area contributed by atoms with E-state index in [1.54, 1.807) is 36.7 Å². The van der Waals surface area contributed by atoms with Crippen molar-refractivity contribution in [3.05, 3.63) is 109 Å². The average molecular weight is 481 g/mol. The third-order valence-corrected chi connectivity index (χ3v) is 6.04. The maximum Gasteiger partial charge on any atom is 0.255 e. The number of carbonyl (C=O) groups excluding carboxylic acids is 1. The molecule has 0 bridgehead atoms. The minimum Gasteiger partial charge on any atom is -0.493 e. The van der Waals surface area contributed by atoms with Crippen LogP contribution in [0, 0.1) is 0 Å².